The summed E-state index contributed by atoms with van der Waals surface area (Å²) in [6.45, 7) is 3.85. The SMILES string of the molecule is CC(C)(N)COc1ccc([N+](=O)[O-])c(C#N)c1. The number of rotatable bonds is 4. The molecule has 90 valence electrons. The Balaban J connectivity index is 2.92. The predicted molar refractivity (Wildman–Crippen MR) is 61.6 cm³/mol. The minimum absolute atomic E-state index is 0.0256. The van der Waals surface area contributed by atoms with Gasteiger partial charge in [-0.05, 0) is 19.9 Å². The highest BCUT2D eigenvalue weighted by Crippen LogP contribution is 2.23. The zero-order chi connectivity index (χ0) is 13.1. The third-order valence-electron chi connectivity index (χ3n) is 1.90. The maximum atomic E-state index is 10.6. The van der Waals surface area contributed by atoms with Gasteiger partial charge in [0.2, 0.25) is 0 Å². The van der Waals surface area contributed by atoms with Crippen LogP contribution in [0.15, 0.2) is 18.2 Å². The highest BCUT2D eigenvalue weighted by atomic mass is 16.6. The van der Waals surface area contributed by atoms with Crippen LogP contribution in [-0.2, 0) is 0 Å². The maximum absolute atomic E-state index is 10.6. The smallest absolute Gasteiger partial charge is 0.287 e. The van der Waals surface area contributed by atoms with Crippen LogP contribution in [-0.4, -0.2) is 17.1 Å². The lowest BCUT2D eigenvalue weighted by molar-refractivity contribution is -0.385. The number of nitrogens with zero attached hydrogens (tertiary/aromatic N) is 2. The molecule has 6 heteroatoms. The molecule has 1 aromatic carbocycles. The van der Waals surface area contributed by atoms with Crippen LogP contribution in [0.5, 0.6) is 5.75 Å². The van der Waals surface area contributed by atoms with Gasteiger partial charge in [-0.1, -0.05) is 0 Å². The van der Waals surface area contributed by atoms with E-state index in [1.54, 1.807) is 19.9 Å². The molecule has 0 atom stereocenters. The van der Waals surface area contributed by atoms with Gasteiger partial charge in [0.1, 0.15) is 24.0 Å². The van der Waals surface area contributed by atoms with Crippen molar-refractivity contribution in [2.75, 3.05) is 6.61 Å². The van der Waals surface area contributed by atoms with Crippen molar-refractivity contribution in [3.05, 3.63) is 33.9 Å². The van der Waals surface area contributed by atoms with Gasteiger partial charge in [0.15, 0.2) is 0 Å². The van der Waals surface area contributed by atoms with Crippen molar-refractivity contribution >= 4 is 5.69 Å². The molecule has 1 aromatic rings. The first kappa shape index (κ1) is 12.9. The number of nitrogens with two attached hydrogens (primary N) is 1. The molecule has 0 saturated carbocycles. The van der Waals surface area contributed by atoms with E-state index >= 15 is 0 Å². The molecule has 0 saturated heterocycles. The van der Waals surface area contributed by atoms with Crippen molar-refractivity contribution in [3.8, 4) is 11.8 Å². The summed E-state index contributed by atoms with van der Waals surface area (Å²) in [6.07, 6.45) is 0. The van der Waals surface area contributed by atoms with E-state index in [0.717, 1.165) is 0 Å². The number of ether oxygens (including phenoxy) is 1. The molecule has 0 amide bonds. The highest BCUT2D eigenvalue weighted by Gasteiger charge is 2.16. The van der Waals surface area contributed by atoms with Crippen LogP contribution in [0.25, 0.3) is 0 Å². The topological polar surface area (TPSA) is 102 Å². The lowest BCUT2D eigenvalue weighted by Crippen LogP contribution is -2.38. The Morgan fingerprint density at radius 2 is 2.24 bits per heavy atom. The zero-order valence-corrected chi connectivity index (χ0v) is 9.64. The van der Waals surface area contributed by atoms with E-state index in [1.807, 2.05) is 0 Å². The number of hydrogen-bond donors (Lipinski definition) is 1. The Morgan fingerprint density at radius 1 is 1.59 bits per heavy atom. The van der Waals surface area contributed by atoms with Crippen LogP contribution in [0, 0.1) is 21.4 Å². The average molecular weight is 235 g/mol. The molecule has 0 heterocycles. The third-order valence-corrected chi connectivity index (χ3v) is 1.90. The summed E-state index contributed by atoms with van der Waals surface area (Å²) >= 11 is 0. The van der Waals surface area contributed by atoms with Crippen LogP contribution < -0.4 is 10.5 Å². The first-order valence-electron chi connectivity index (χ1n) is 4.94. The maximum Gasteiger partial charge on any atom is 0.287 e. The van der Waals surface area contributed by atoms with Gasteiger partial charge in [0.25, 0.3) is 5.69 Å². The number of nitro benzene ring substituents is 1. The van der Waals surface area contributed by atoms with Crippen LogP contribution in [0.1, 0.15) is 19.4 Å². The summed E-state index contributed by atoms with van der Waals surface area (Å²) in [6, 6.07) is 5.80. The molecular formula is C11H13N3O3. The van der Waals surface area contributed by atoms with E-state index in [9.17, 15) is 10.1 Å². The molecule has 0 aliphatic rings. The first-order chi connectivity index (χ1) is 7.83. The second-order valence-corrected chi connectivity index (χ2v) is 4.33. The summed E-state index contributed by atoms with van der Waals surface area (Å²) in [5.41, 5.74) is 4.97. The van der Waals surface area contributed by atoms with Gasteiger partial charge >= 0.3 is 0 Å². The lowest BCUT2D eigenvalue weighted by Gasteiger charge is -2.18. The van der Waals surface area contributed by atoms with Gasteiger partial charge in [0.05, 0.1) is 4.92 Å². The van der Waals surface area contributed by atoms with Crippen LogP contribution >= 0.6 is 0 Å². The van der Waals surface area contributed by atoms with Gasteiger partial charge in [-0.15, -0.1) is 0 Å². The van der Waals surface area contributed by atoms with Gasteiger partial charge < -0.3 is 10.5 Å². The predicted octanol–water partition coefficient (Wildman–Crippen LogP) is 1.58. The van der Waals surface area contributed by atoms with Gasteiger partial charge in [-0.2, -0.15) is 5.26 Å². The average Bonchev–Trinajstić information content (AvgIpc) is 2.24. The first-order valence-corrected chi connectivity index (χ1v) is 4.94. The van der Waals surface area contributed by atoms with Crippen LogP contribution in [0.2, 0.25) is 0 Å². The molecule has 2 N–H and O–H groups in total. The molecule has 1 rings (SSSR count). The normalized spacial score (nSPS) is 10.7. The van der Waals surface area contributed by atoms with E-state index in [2.05, 4.69) is 0 Å². The monoisotopic (exact) mass is 235 g/mol. The summed E-state index contributed by atoms with van der Waals surface area (Å²) in [7, 11) is 0. The van der Waals surface area contributed by atoms with Crippen molar-refractivity contribution in [2.24, 2.45) is 5.73 Å². The summed E-state index contributed by atoms with van der Waals surface area (Å²) in [5.74, 6) is 0.394. The fourth-order valence-electron chi connectivity index (χ4n) is 1.12. The molecule has 0 spiro atoms. The standard InChI is InChI=1S/C11H13N3O3/c1-11(2,13)7-17-9-3-4-10(14(15)16)8(5-9)6-12/h3-5H,7,13H2,1-2H3. The van der Waals surface area contributed by atoms with Crippen molar-refractivity contribution in [1.82, 2.24) is 0 Å². The van der Waals surface area contributed by atoms with Crippen molar-refractivity contribution in [1.29, 1.82) is 5.26 Å². The van der Waals surface area contributed by atoms with Crippen LogP contribution in [0.3, 0.4) is 0 Å². The Kier molecular flexibility index (Phi) is 3.66. The molecule has 6 nitrogen and oxygen atoms in total. The largest absolute Gasteiger partial charge is 0.492 e. The lowest BCUT2D eigenvalue weighted by atomic mass is 10.1. The zero-order valence-electron chi connectivity index (χ0n) is 9.64. The Bertz CT molecular complexity index is 472. The third kappa shape index (κ3) is 3.74. The fraction of sp³-hybridized carbons (Fsp3) is 0.364. The van der Waals surface area contributed by atoms with Gasteiger partial charge in [-0.3, -0.25) is 10.1 Å². The number of nitriles is 1. The van der Waals surface area contributed by atoms with E-state index in [4.69, 9.17) is 15.7 Å². The van der Waals surface area contributed by atoms with Gasteiger partial charge in [0, 0.05) is 17.7 Å². The summed E-state index contributed by atoms with van der Waals surface area (Å²) in [5, 5.41) is 19.4. The van der Waals surface area contributed by atoms with E-state index in [1.165, 1.54) is 18.2 Å². The molecular weight excluding hydrogens is 222 g/mol. The summed E-state index contributed by atoms with van der Waals surface area (Å²) < 4.78 is 5.35. The van der Waals surface area contributed by atoms with Crippen molar-refractivity contribution in [2.45, 2.75) is 19.4 Å². The molecule has 0 aliphatic carbocycles. The van der Waals surface area contributed by atoms with Gasteiger partial charge in [-0.25, -0.2) is 0 Å². The number of hydrogen-bond acceptors (Lipinski definition) is 5. The van der Waals surface area contributed by atoms with E-state index < -0.39 is 10.5 Å². The molecule has 17 heavy (non-hydrogen) atoms. The Hall–Kier alpha value is -2.13. The minimum Gasteiger partial charge on any atom is -0.492 e. The molecule has 0 radical (unpaired) electrons. The molecule has 0 fully saturated rings. The quantitative estimate of drug-likeness (QED) is 0.630. The van der Waals surface area contributed by atoms with Crippen LogP contribution in [0.4, 0.5) is 5.69 Å². The minimum atomic E-state index is -0.602. The molecule has 0 aliphatic heterocycles. The Labute approximate surface area is 98.8 Å². The van der Waals surface area contributed by atoms with Crippen molar-refractivity contribution < 1.29 is 9.66 Å². The highest BCUT2D eigenvalue weighted by molar-refractivity contribution is 5.52. The Morgan fingerprint density at radius 3 is 2.71 bits per heavy atom. The second kappa shape index (κ2) is 4.80. The summed E-state index contributed by atoms with van der Waals surface area (Å²) in [4.78, 5) is 10.0. The van der Waals surface area contributed by atoms with E-state index in [0.29, 0.717) is 5.75 Å². The number of nitro groups is 1. The van der Waals surface area contributed by atoms with Crippen molar-refractivity contribution in [3.63, 3.8) is 0 Å². The fourth-order valence-corrected chi connectivity index (χ4v) is 1.12. The molecule has 0 aromatic heterocycles. The molecule has 0 bridgehead atoms. The van der Waals surface area contributed by atoms with E-state index in [-0.39, 0.29) is 17.9 Å². The molecule has 0 unspecified atom stereocenters. The number of benzene rings is 1. The second-order valence-electron chi connectivity index (χ2n) is 4.33.